The van der Waals surface area contributed by atoms with E-state index >= 15 is 0 Å². The Kier molecular flexibility index (Phi) is 3.67. The topological polar surface area (TPSA) is 47.3 Å². The highest BCUT2D eigenvalue weighted by Gasteiger charge is 2.10. The second kappa shape index (κ2) is 5.21. The average Bonchev–Trinajstić information content (AvgIpc) is 2.35. The van der Waals surface area contributed by atoms with Crippen molar-refractivity contribution in [1.29, 1.82) is 0 Å². The molecule has 16 heavy (non-hydrogen) atoms. The number of benzene rings is 1. The van der Waals surface area contributed by atoms with Crippen LogP contribution in [-0.2, 0) is 6.42 Å². The number of nitrogens with one attached hydrogen (secondary N) is 1. The lowest BCUT2D eigenvalue weighted by Gasteiger charge is -2.19. The summed E-state index contributed by atoms with van der Waals surface area (Å²) in [7, 11) is 0. The monoisotopic (exact) mass is 220 g/mol. The van der Waals surface area contributed by atoms with Gasteiger partial charge < -0.3 is 15.8 Å². The van der Waals surface area contributed by atoms with Crippen LogP contribution in [0.3, 0.4) is 0 Å². The van der Waals surface area contributed by atoms with Crippen molar-refractivity contribution in [2.24, 2.45) is 11.7 Å². The first-order valence-corrected chi connectivity index (χ1v) is 5.99. The Morgan fingerprint density at radius 2 is 2.38 bits per heavy atom. The maximum atomic E-state index is 5.59. The number of anilines is 1. The lowest BCUT2D eigenvalue weighted by Crippen LogP contribution is -2.19. The van der Waals surface area contributed by atoms with E-state index in [4.69, 9.17) is 10.5 Å². The predicted octanol–water partition coefficient (Wildman–Crippen LogP) is 2.02. The van der Waals surface area contributed by atoms with Gasteiger partial charge in [-0.25, -0.2) is 0 Å². The summed E-state index contributed by atoms with van der Waals surface area (Å²) in [5, 5.41) is 3.41. The van der Waals surface area contributed by atoms with Crippen LogP contribution < -0.4 is 15.8 Å². The standard InChI is InChI=1S/C13H20N2O/c1-10(8-14)9-15-12-4-5-13-11(7-12)3-2-6-16-13/h4-5,7,10,15H,2-3,6,8-9,14H2,1H3. The predicted molar refractivity (Wildman–Crippen MR) is 67.0 cm³/mol. The normalized spacial score (nSPS) is 16.1. The second-order valence-electron chi connectivity index (χ2n) is 4.50. The number of hydrogen-bond acceptors (Lipinski definition) is 3. The first kappa shape index (κ1) is 11.3. The van der Waals surface area contributed by atoms with Crippen LogP contribution in [0.25, 0.3) is 0 Å². The van der Waals surface area contributed by atoms with Gasteiger partial charge in [-0.15, -0.1) is 0 Å². The van der Waals surface area contributed by atoms with E-state index in [2.05, 4.69) is 30.4 Å². The average molecular weight is 220 g/mol. The minimum atomic E-state index is 0.507. The van der Waals surface area contributed by atoms with Gasteiger partial charge in [-0.05, 0) is 49.1 Å². The van der Waals surface area contributed by atoms with Crippen molar-refractivity contribution >= 4 is 5.69 Å². The van der Waals surface area contributed by atoms with Gasteiger partial charge in [0.05, 0.1) is 6.61 Å². The minimum absolute atomic E-state index is 0.507. The zero-order valence-electron chi connectivity index (χ0n) is 9.83. The molecule has 3 N–H and O–H groups in total. The Morgan fingerprint density at radius 3 is 3.19 bits per heavy atom. The molecule has 3 nitrogen and oxygen atoms in total. The lowest BCUT2D eigenvalue weighted by molar-refractivity contribution is 0.288. The summed E-state index contributed by atoms with van der Waals surface area (Å²) < 4.78 is 5.58. The molecule has 0 aromatic heterocycles. The van der Waals surface area contributed by atoms with Crippen LogP contribution in [0.15, 0.2) is 18.2 Å². The van der Waals surface area contributed by atoms with Crippen LogP contribution in [0.5, 0.6) is 5.75 Å². The van der Waals surface area contributed by atoms with E-state index in [0.717, 1.165) is 38.3 Å². The SMILES string of the molecule is CC(CN)CNc1ccc2c(c1)CCCO2. The van der Waals surface area contributed by atoms with E-state index < -0.39 is 0 Å². The summed E-state index contributed by atoms with van der Waals surface area (Å²) >= 11 is 0. The van der Waals surface area contributed by atoms with Gasteiger partial charge in [0.1, 0.15) is 5.75 Å². The fourth-order valence-electron chi connectivity index (χ4n) is 1.85. The van der Waals surface area contributed by atoms with E-state index in [9.17, 15) is 0 Å². The third-order valence-electron chi connectivity index (χ3n) is 2.97. The molecule has 0 saturated carbocycles. The minimum Gasteiger partial charge on any atom is -0.493 e. The van der Waals surface area contributed by atoms with Crippen LogP contribution in [0.4, 0.5) is 5.69 Å². The van der Waals surface area contributed by atoms with Crippen molar-refractivity contribution < 1.29 is 4.74 Å². The molecule has 1 aromatic carbocycles. The molecule has 0 aliphatic carbocycles. The molecule has 1 aromatic rings. The first-order chi connectivity index (χ1) is 7.79. The van der Waals surface area contributed by atoms with E-state index in [-0.39, 0.29) is 0 Å². The van der Waals surface area contributed by atoms with E-state index in [1.165, 1.54) is 11.3 Å². The number of fused-ring (bicyclic) bond motifs is 1. The van der Waals surface area contributed by atoms with Crippen molar-refractivity contribution in [3.8, 4) is 5.75 Å². The molecule has 2 rings (SSSR count). The lowest BCUT2D eigenvalue weighted by atomic mass is 10.1. The molecule has 0 radical (unpaired) electrons. The van der Waals surface area contributed by atoms with Crippen molar-refractivity contribution in [3.05, 3.63) is 23.8 Å². The first-order valence-electron chi connectivity index (χ1n) is 5.99. The Bertz CT molecular complexity index is 352. The molecule has 0 amide bonds. The highest BCUT2D eigenvalue weighted by molar-refractivity contribution is 5.51. The van der Waals surface area contributed by atoms with Gasteiger partial charge in [-0.2, -0.15) is 0 Å². The number of rotatable bonds is 4. The zero-order chi connectivity index (χ0) is 11.4. The van der Waals surface area contributed by atoms with Crippen LogP contribution in [0, 0.1) is 5.92 Å². The largest absolute Gasteiger partial charge is 0.493 e. The van der Waals surface area contributed by atoms with E-state index in [1.54, 1.807) is 0 Å². The summed E-state index contributed by atoms with van der Waals surface area (Å²) in [6, 6.07) is 6.33. The van der Waals surface area contributed by atoms with Crippen molar-refractivity contribution in [1.82, 2.24) is 0 Å². The van der Waals surface area contributed by atoms with Crippen molar-refractivity contribution in [2.75, 3.05) is 25.0 Å². The van der Waals surface area contributed by atoms with Crippen LogP contribution >= 0.6 is 0 Å². The van der Waals surface area contributed by atoms with Gasteiger partial charge in [0, 0.05) is 12.2 Å². The summed E-state index contributed by atoms with van der Waals surface area (Å²) in [6.45, 7) is 4.65. The quantitative estimate of drug-likeness (QED) is 0.816. The molecule has 88 valence electrons. The van der Waals surface area contributed by atoms with Crippen LogP contribution in [0.1, 0.15) is 18.9 Å². The van der Waals surface area contributed by atoms with Gasteiger partial charge in [0.25, 0.3) is 0 Å². The summed E-state index contributed by atoms with van der Waals surface area (Å²) in [4.78, 5) is 0. The van der Waals surface area contributed by atoms with E-state index in [0.29, 0.717) is 5.92 Å². The molecular formula is C13H20N2O. The third kappa shape index (κ3) is 2.67. The summed E-state index contributed by atoms with van der Waals surface area (Å²) in [5.74, 6) is 1.55. The van der Waals surface area contributed by atoms with Gasteiger partial charge in [0.2, 0.25) is 0 Å². The maximum absolute atomic E-state index is 5.59. The molecule has 0 bridgehead atoms. The summed E-state index contributed by atoms with van der Waals surface area (Å²) in [5.41, 5.74) is 8.07. The molecule has 1 aliphatic heterocycles. The molecule has 0 spiro atoms. The molecule has 1 heterocycles. The van der Waals surface area contributed by atoms with Crippen LogP contribution in [0.2, 0.25) is 0 Å². The second-order valence-corrected chi connectivity index (χ2v) is 4.50. The van der Waals surface area contributed by atoms with Gasteiger partial charge >= 0.3 is 0 Å². The zero-order valence-corrected chi connectivity index (χ0v) is 9.83. The third-order valence-corrected chi connectivity index (χ3v) is 2.97. The molecule has 1 aliphatic rings. The van der Waals surface area contributed by atoms with Gasteiger partial charge in [-0.3, -0.25) is 0 Å². The Hall–Kier alpha value is -1.22. The van der Waals surface area contributed by atoms with Gasteiger partial charge in [0.15, 0.2) is 0 Å². The van der Waals surface area contributed by atoms with E-state index in [1.807, 2.05) is 0 Å². The molecular weight excluding hydrogens is 200 g/mol. The molecule has 1 atom stereocenters. The molecule has 0 fully saturated rings. The number of aryl methyl sites for hydroxylation is 1. The Balaban J connectivity index is 2.00. The molecule has 3 heteroatoms. The van der Waals surface area contributed by atoms with Crippen LogP contribution in [-0.4, -0.2) is 19.7 Å². The smallest absolute Gasteiger partial charge is 0.122 e. The molecule has 1 unspecified atom stereocenters. The Labute approximate surface area is 97.0 Å². The molecule has 0 saturated heterocycles. The Morgan fingerprint density at radius 1 is 1.50 bits per heavy atom. The highest BCUT2D eigenvalue weighted by atomic mass is 16.5. The number of nitrogens with two attached hydrogens (primary N) is 1. The number of hydrogen-bond donors (Lipinski definition) is 2. The van der Waals surface area contributed by atoms with Crippen molar-refractivity contribution in [2.45, 2.75) is 19.8 Å². The highest BCUT2D eigenvalue weighted by Crippen LogP contribution is 2.27. The number of ether oxygens (including phenoxy) is 1. The summed E-state index contributed by atoms with van der Waals surface area (Å²) in [6.07, 6.45) is 2.24. The maximum Gasteiger partial charge on any atom is 0.122 e. The van der Waals surface area contributed by atoms with Crippen molar-refractivity contribution in [3.63, 3.8) is 0 Å². The fraction of sp³-hybridized carbons (Fsp3) is 0.538. The fourth-order valence-corrected chi connectivity index (χ4v) is 1.85. The van der Waals surface area contributed by atoms with Gasteiger partial charge in [-0.1, -0.05) is 6.92 Å².